The molecule has 1 atom stereocenters. The van der Waals surface area contributed by atoms with E-state index in [4.69, 9.17) is 9.84 Å². The lowest BCUT2D eigenvalue weighted by atomic mass is 9.99. The quantitative estimate of drug-likeness (QED) is 0.870. The van der Waals surface area contributed by atoms with Gasteiger partial charge in [0.05, 0.1) is 19.1 Å². The third-order valence-corrected chi connectivity index (χ3v) is 4.57. The van der Waals surface area contributed by atoms with Crippen LogP contribution in [0.4, 0.5) is 20.6 Å². The highest BCUT2D eigenvalue weighted by atomic mass is 19.1. The van der Waals surface area contributed by atoms with Gasteiger partial charge in [-0.2, -0.15) is 0 Å². The number of carbonyl (C=O) groups is 2. The van der Waals surface area contributed by atoms with Crippen LogP contribution in [-0.2, 0) is 9.53 Å². The van der Waals surface area contributed by atoms with Crippen LogP contribution in [0.1, 0.15) is 12.8 Å². The number of carboxylic acids is 1. The number of rotatable bonds is 3. The van der Waals surface area contributed by atoms with Crippen LogP contribution in [0.5, 0.6) is 0 Å². The fourth-order valence-electron chi connectivity index (χ4n) is 3.22. The maximum Gasteiger partial charge on any atom is 0.321 e. The number of nitrogens with zero attached hydrogens (tertiary/aromatic N) is 2. The number of nitrogens with one attached hydrogen (secondary N) is 1. The maximum atomic E-state index is 13.9. The number of halogens is 1. The van der Waals surface area contributed by atoms with Gasteiger partial charge in [0.15, 0.2) is 0 Å². The molecule has 2 heterocycles. The first kappa shape index (κ1) is 17.5. The van der Waals surface area contributed by atoms with E-state index in [0.29, 0.717) is 57.1 Å². The number of morpholine rings is 1. The van der Waals surface area contributed by atoms with Crippen molar-refractivity contribution in [3.8, 4) is 0 Å². The van der Waals surface area contributed by atoms with E-state index in [-0.39, 0.29) is 6.54 Å². The number of ether oxygens (including phenoxy) is 1. The predicted octanol–water partition coefficient (Wildman–Crippen LogP) is 1.99. The summed E-state index contributed by atoms with van der Waals surface area (Å²) in [6.07, 6.45) is 1.22. The molecule has 2 N–H and O–H groups in total. The molecule has 2 fully saturated rings. The highest BCUT2D eigenvalue weighted by molar-refractivity contribution is 5.90. The molecule has 2 aliphatic heterocycles. The second kappa shape index (κ2) is 7.69. The largest absolute Gasteiger partial charge is 0.481 e. The molecule has 1 unspecified atom stereocenters. The third-order valence-electron chi connectivity index (χ3n) is 4.57. The van der Waals surface area contributed by atoms with Crippen molar-refractivity contribution in [2.45, 2.75) is 12.8 Å². The van der Waals surface area contributed by atoms with Crippen molar-refractivity contribution in [2.24, 2.45) is 5.92 Å². The van der Waals surface area contributed by atoms with Gasteiger partial charge in [-0.3, -0.25) is 4.79 Å². The predicted molar refractivity (Wildman–Crippen MR) is 90.4 cm³/mol. The molecule has 7 nitrogen and oxygen atoms in total. The summed E-state index contributed by atoms with van der Waals surface area (Å²) in [5.41, 5.74) is 1.06. The standard InChI is InChI=1S/C17H22FN3O4/c18-13-8-14(10-15(9-13)20-4-6-25-7-5-20)19-17(24)21-3-1-2-12(11-21)16(22)23/h8-10,12H,1-7,11H2,(H,19,24)(H,22,23). The van der Waals surface area contributed by atoms with E-state index < -0.39 is 23.7 Å². The van der Waals surface area contributed by atoms with Gasteiger partial charge in [-0.25, -0.2) is 9.18 Å². The average Bonchev–Trinajstić information content (AvgIpc) is 2.62. The summed E-state index contributed by atoms with van der Waals surface area (Å²) in [5, 5.41) is 11.8. The lowest BCUT2D eigenvalue weighted by Gasteiger charge is -2.31. The molecular formula is C17H22FN3O4. The molecule has 136 valence electrons. The molecule has 2 saturated heterocycles. The Morgan fingerprint density at radius 2 is 1.96 bits per heavy atom. The Balaban J connectivity index is 1.68. The summed E-state index contributed by atoms with van der Waals surface area (Å²) in [6, 6.07) is 4.03. The summed E-state index contributed by atoms with van der Waals surface area (Å²) in [5.74, 6) is -1.87. The maximum absolute atomic E-state index is 13.9. The third kappa shape index (κ3) is 4.39. The van der Waals surface area contributed by atoms with Crippen LogP contribution in [0.15, 0.2) is 18.2 Å². The Bertz CT molecular complexity index is 649. The van der Waals surface area contributed by atoms with E-state index in [2.05, 4.69) is 5.32 Å². The molecule has 0 spiro atoms. The van der Waals surface area contributed by atoms with Crippen molar-refractivity contribution < 1.29 is 23.8 Å². The van der Waals surface area contributed by atoms with Crippen LogP contribution in [0.2, 0.25) is 0 Å². The summed E-state index contributed by atoms with van der Waals surface area (Å²) in [6.45, 7) is 3.19. The fourth-order valence-corrected chi connectivity index (χ4v) is 3.22. The zero-order valence-corrected chi connectivity index (χ0v) is 13.9. The number of hydrogen-bond acceptors (Lipinski definition) is 4. The van der Waals surface area contributed by atoms with Crippen molar-refractivity contribution in [1.82, 2.24) is 4.90 Å². The van der Waals surface area contributed by atoms with Crippen molar-refractivity contribution in [3.63, 3.8) is 0 Å². The van der Waals surface area contributed by atoms with Gasteiger partial charge in [-0.05, 0) is 31.0 Å². The molecule has 1 aromatic rings. The lowest BCUT2D eigenvalue weighted by molar-refractivity contribution is -0.143. The molecule has 8 heteroatoms. The molecule has 3 rings (SSSR count). The molecule has 0 bridgehead atoms. The Kier molecular flexibility index (Phi) is 5.37. The van der Waals surface area contributed by atoms with E-state index in [1.54, 1.807) is 6.07 Å². The molecular weight excluding hydrogens is 329 g/mol. The van der Waals surface area contributed by atoms with Gasteiger partial charge in [-0.1, -0.05) is 0 Å². The molecule has 0 radical (unpaired) electrons. The molecule has 0 aromatic heterocycles. The van der Waals surface area contributed by atoms with Crippen LogP contribution in [-0.4, -0.2) is 61.4 Å². The minimum atomic E-state index is -0.891. The molecule has 0 aliphatic carbocycles. The molecule has 2 amide bonds. The smallest absolute Gasteiger partial charge is 0.321 e. The molecule has 1 aromatic carbocycles. The Morgan fingerprint density at radius 1 is 1.20 bits per heavy atom. The number of amides is 2. The summed E-state index contributed by atoms with van der Waals surface area (Å²) in [7, 11) is 0. The van der Waals surface area contributed by atoms with Gasteiger partial charge >= 0.3 is 12.0 Å². The summed E-state index contributed by atoms with van der Waals surface area (Å²) >= 11 is 0. The number of hydrogen-bond donors (Lipinski definition) is 2. The lowest BCUT2D eigenvalue weighted by Crippen LogP contribution is -2.44. The minimum Gasteiger partial charge on any atom is -0.481 e. The van der Waals surface area contributed by atoms with Gasteiger partial charge in [0.2, 0.25) is 0 Å². The number of likely N-dealkylation sites (tertiary alicyclic amines) is 1. The van der Waals surface area contributed by atoms with Gasteiger partial charge in [0.1, 0.15) is 5.82 Å². The zero-order chi connectivity index (χ0) is 17.8. The van der Waals surface area contributed by atoms with Crippen LogP contribution in [0, 0.1) is 11.7 Å². The second-order valence-corrected chi connectivity index (χ2v) is 6.35. The average molecular weight is 351 g/mol. The molecule has 2 aliphatic rings. The van der Waals surface area contributed by atoms with Gasteiger partial charge in [0.25, 0.3) is 0 Å². The number of carboxylic acid groups (broad SMARTS) is 1. The van der Waals surface area contributed by atoms with Gasteiger partial charge < -0.3 is 25.0 Å². The first-order chi connectivity index (χ1) is 12.0. The highest BCUT2D eigenvalue weighted by Gasteiger charge is 2.28. The molecule has 0 saturated carbocycles. The van der Waals surface area contributed by atoms with Crippen molar-refractivity contribution in [2.75, 3.05) is 49.6 Å². The van der Waals surface area contributed by atoms with Crippen LogP contribution < -0.4 is 10.2 Å². The Labute approximate surface area is 145 Å². The SMILES string of the molecule is O=C(O)C1CCCN(C(=O)Nc2cc(F)cc(N3CCOCC3)c2)C1. The van der Waals surface area contributed by atoms with Crippen molar-refractivity contribution >= 4 is 23.4 Å². The Morgan fingerprint density at radius 3 is 2.68 bits per heavy atom. The number of carbonyl (C=O) groups excluding carboxylic acids is 1. The second-order valence-electron chi connectivity index (χ2n) is 6.35. The number of anilines is 2. The van der Waals surface area contributed by atoms with Crippen LogP contribution >= 0.6 is 0 Å². The minimum absolute atomic E-state index is 0.173. The van der Waals surface area contributed by atoms with E-state index in [1.807, 2.05) is 4.90 Å². The number of piperidine rings is 1. The van der Waals surface area contributed by atoms with Crippen molar-refractivity contribution in [1.29, 1.82) is 0 Å². The monoisotopic (exact) mass is 351 g/mol. The normalized spacial score (nSPS) is 21.1. The summed E-state index contributed by atoms with van der Waals surface area (Å²) in [4.78, 5) is 27.0. The number of urea groups is 1. The van der Waals surface area contributed by atoms with E-state index in [0.717, 1.165) is 0 Å². The number of aliphatic carboxylic acids is 1. The van der Waals surface area contributed by atoms with Crippen molar-refractivity contribution in [3.05, 3.63) is 24.0 Å². The molecule has 25 heavy (non-hydrogen) atoms. The number of benzene rings is 1. The first-order valence-electron chi connectivity index (χ1n) is 8.45. The van der Waals surface area contributed by atoms with E-state index in [9.17, 15) is 14.0 Å². The van der Waals surface area contributed by atoms with E-state index in [1.165, 1.54) is 17.0 Å². The zero-order valence-electron chi connectivity index (χ0n) is 13.9. The van der Waals surface area contributed by atoms with Gasteiger partial charge in [0, 0.05) is 37.6 Å². The van der Waals surface area contributed by atoms with Gasteiger partial charge in [-0.15, -0.1) is 0 Å². The van der Waals surface area contributed by atoms with Crippen LogP contribution in [0.25, 0.3) is 0 Å². The first-order valence-corrected chi connectivity index (χ1v) is 8.45. The fraction of sp³-hybridized carbons (Fsp3) is 0.529. The summed E-state index contributed by atoms with van der Waals surface area (Å²) < 4.78 is 19.2. The highest BCUT2D eigenvalue weighted by Crippen LogP contribution is 2.24. The Hall–Kier alpha value is -2.35. The van der Waals surface area contributed by atoms with Crippen LogP contribution in [0.3, 0.4) is 0 Å². The topological polar surface area (TPSA) is 82.1 Å². The van der Waals surface area contributed by atoms with E-state index >= 15 is 0 Å².